The van der Waals surface area contributed by atoms with Gasteiger partial charge in [-0.3, -0.25) is 0 Å². The maximum atomic E-state index is 10.1. The summed E-state index contributed by atoms with van der Waals surface area (Å²) in [5.41, 5.74) is 13.7. The third kappa shape index (κ3) is 2.59. The fourth-order valence-corrected chi connectivity index (χ4v) is 2.83. The molecule has 1 heterocycles. The van der Waals surface area contributed by atoms with Gasteiger partial charge in [-0.25, -0.2) is 0 Å². The summed E-state index contributed by atoms with van der Waals surface area (Å²) < 4.78 is 0. The van der Waals surface area contributed by atoms with Crippen LogP contribution in [-0.4, -0.2) is 15.1 Å². The Morgan fingerprint density at radius 2 is 1.86 bits per heavy atom. The Morgan fingerprint density at radius 3 is 2.62 bits per heavy atom. The largest absolute Gasteiger partial charge is 0.393 e. The van der Waals surface area contributed by atoms with Crippen molar-refractivity contribution < 1.29 is 5.11 Å². The fraction of sp³-hybridized carbons (Fsp3) is 0.286. The molecule has 0 fully saturated rings. The third-order valence-corrected chi connectivity index (χ3v) is 3.97. The fourth-order valence-electron chi connectivity index (χ4n) is 2.65. The van der Waals surface area contributed by atoms with Crippen molar-refractivity contribution in [1.29, 1.82) is 0 Å². The van der Waals surface area contributed by atoms with Crippen LogP contribution in [0.2, 0.25) is 5.15 Å². The maximum absolute atomic E-state index is 10.1. The van der Waals surface area contributed by atoms with Gasteiger partial charge < -0.3 is 21.9 Å². The Balaban J connectivity index is 1.95. The first-order chi connectivity index (χ1) is 10.1. The Labute approximate surface area is 127 Å². The van der Waals surface area contributed by atoms with Gasteiger partial charge in [-0.1, -0.05) is 35.9 Å². The number of rotatable bonds is 2. The molecular weight excluding hydrogens is 290 g/mol. The highest BCUT2D eigenvalue weighted by Crippen LogP contribution is 2.38. The SMILES string of the molecule is Nc1nc(Cl)c(N)c(N[C@@H]2CC[C@@H](O)c3ccccc32)n1. The van der Waals surface area contributed by atoms with Crippen molar-refractivity contribution in [2.45, 2.75) is 25.0 Å². The number of benzene rings is 1. The van der Waals surface area contributed by atoms with Crippen molar-refractivity contribution in [3.05, 3.63) is 40.5 Å². The lowest BCUT2D eigenvalue weighted by Gasteiger charge is -2.30. The second-order valence-corrected chi connectivity index (χ2v) is 5.41. The molecular formula is C14H16ClN5O. The molecule has 0 amide bonds. The minimum absolute atomic E-state index is 0.00253. The second-order valence-electron chi connectivity index (χ2n) is 5.05. The van der Waals surface area contributed by atoms with E-state index in [1.54, 1.807) is 0 Å². The monoisotopic (exact) mass is 305 g/mol. The molecule has 0 bridgehead atoms. The van der Waals surface area contributed by atoms with Crippen molar-refractivity contribution >= 4 is 29.1 Å². The van der Waals surface area contributed by atoms with Crippen molar-refractivity contribution in [1.82, 2.24) is 9.97 Å². The molecule has 1 aliphatic rings. The number of nitrogens with one attached hydrogen (secondary N) is 1. The lowest BCUT2D eigenvalue weighted by atomic mass is 9.86. The van der Waals surface area contributed by atoms with Crippen LogP contribution in [0.3, 0.4) is 0 Å². The molecule has 6 nitrogen and oxygen atoms in total. The van der Waals surface area contributed by atoms with Crippen molar-refractivity contribution in [3.8, 4) is 0 Å². The number of hydrogen-bond donors (Lipinski definition) is 4. The van der Waals surface area contributed by atoms with E-state index in [1.165, 1.54) is 0 Å². The van der Waals surface area contributed by atoms with E-state index in [1.807, 2.05) is 24.3 Å². The lowest BCUT2D eigenvalue weighted by molar-refractivity contribution is 0.152. The second kappa shape index (κ2) is 5.38. The zero-order chi connectivity index (χ0) is 15.0. The van der Waals surface area contributed by atoms with Crippen LogP contribution in [-0.2, 0) is 0 Å². The van der Waals surface area contributed by atoms with E-state index in [2.05, 4.69) is 15.3 Å². The van der Waals surface area contributed by atoms with E-state index in [0.717, 1.165) is 17.5 Å². The molecule has 110 valence electrons. The van der Waals surface area contributed by atoms with Gasteiger partial charge in [0.1, 0.15) is 5.69 Å². The highest BCUT2D eigenvalue weighted by Gasteiger charge is 2.26. The quantitative estimate of drug-likeness (QED) is 0.634. The Bertz CT molecular complexity index is 678. The van der Waals surface area contributed by atoms with Gasteiger partial charge in [0.25, 0.3) is 0 Å². The molecule has 0 radical (unpaired) electrons. The van der Waals surface area contributed by atoms with Crippen LogP contribution in [0.25, 0.3) is 0 Å². The van der Waals surface area contributed by atoms with E-state index >= 15 is 0 Å². The Morgan fingerprint density at radius 1 is 1.14 bits per heavy atom. The van der Waals surface area contributed by atoms with E-state index in [4.69, 9.17) is 23.1 Å². The van der Waals surface area contributed by atoms with E-state index in [9.17, 15) is 5.11 Å². The molecule has 0 aliphatic heterocycles. The predicted octanol–water partition coefficient (Wildman–Crippen LogP) is 2.27. The first-order valence-corrected chi connectivity index (χ1v) is 7.06. The summed E-state index contributed by atoms with van der Waals surface area (Å²) in [6.45, 7) is 0. The predicted molar refractivity (Wildman–Crippen MR) is 82.9 cm³/mol. The Hall–Kier alpha value is -2.05. The first-order valence-electron chi connectivity index (χ1n) is 6.68. The molecule has 0 unspecified atom stereocenters. The first kappa shape index (κ1) is 13.9. The van der Waals surface area contributed by atoms with Crippen molar-refractivity contribution in [2.24, 2.45) is 0 Å². The number of hydrogen-bond acceptors (Lipinski definition) is 6. The summed E-state index contributed by atoms with van der Waals surface area (Å²) in [5, 5.41) is 13.5. The molecule has 21 heavy (non-hydrogen) atoms. The normalized spacial score (nSPS) is 20.9. The number of nitrogens with two attached hydrogens (primary N) is 2. The van der Waals surface area contributed by atoms with Crippen molar-refractivity contribution in [2.75, 3.05) is 16.8 Å². The number of aromatic nitrogens is 2. The van der Waals surface area contributed by atoms with Gasteiger partial charge in [-0.2, -0.15) is 9.97 Å². The number of fused-ring (bicyclic) bond motifs is 1. The zero-order valence-electron chi connectivity index (χ0n) is 11.3. The smallest absolute Gasteiger partial charge is 0.223 e. The van der Waals surface area contributed by atoms with Gasteiger partial charge >= 0.3 is 0 Å². The molecule has 3 rings (SSSR count). The van der Waals surface area contributed by atoms with Gasteiger partial charge in [0.05, 0.1) is 12.1 Å². The minimum Gasteiger partial charge on any atom is -0.393 e. The number of halogens is 1. The average molecular weight is 306 g/mol. The number of aliphatic hydroxyl groups excluding tert-OH is 1. The molecule has 1 aromatic carbocycles. The van der Waals surface area contributed by atoms with Gasteiger partial charge in [0.15, 0.2) is 11.0 Å². The summed E-state index contributed by atoms with van der Waals surface area (Å²) in [4.78, 5) is 7.91. The molecule has 0 saturated heterocycles. The van der Waals surface area contributed by atoms with Crippen LogP contribution in [0.4, 0.5) is 17.5 Å². The summed E-state index contributed by atoms with van der Waals surface area (Å²) in [7, 11) is 0. The zero-order valence-corrected chi connectivity index (χ0v) is 12.0. The topological polar surface area (TPSA) is 110 Å². The van der Waals surface area contributed by atoms with Crippen LogP contribution >= 0.6 is 11.6 Å². The van der Waals surface area contributed by atoms with Gasteiger partial charge in [0.2, 0.25) is 5.95 Å². The highest BCUT2D eigenvalue weighted by atomic mass is 35.5. The molecule has 7 heteroatoms. The summed E-state index contributed by atoms with van der Waals surface area (Å²) in [6.07, 6.45) is 0.998. The molecule has 2 atom stereocenters. The van der Waals surface area contributed by atoms with Crippen LogP contribution in [0.15, 0.2) is 24.3 Å². The maximum Gasteiger partial charge on any atom is 0.223 e. The molecule has 2 aromatic rings. The third-order valence-electron chi connectivity index (χ3n) is 3.69. The van der Waals surface area contributed by atoms with Gasteiger partial charge in [-0.05, 0) is 24.0 Å². The van der Waals surface area contributed by atoms with Gasteiger partial charge in [-0.15, -0.1) is 0 Å². The van der Waals surface area contributed by atoms with Crippen LogP contribution in [0, 0.1) is 0 Å². The van der Waals surface area contributed by atoms with E-state index in [-0.39, 0.29) is 22.8 Å². The molecule has 1 aromatic heterocycles. The van der Waals surface area contributed by atoms with Crippen molar-refractivity contribution in [3.63, 3.8) is 0 Å². The number of anilines is 3. The summed E-state index contributed by atoms with van der Waals surface area (Å²) in [6, 6.07) is 7.77. The van der Waals surface area contributed by atoms with E-state index in [0.29, 0.717) is 12.2 Å². The van der Waals surface area contributed by atoms with Crippen LogP contribution in [0.1, 0.15) is 36.1 Å². The van der Waals surface area contributed by atoms with E-state index < -0.39 is 6.10 Å². The minimum atomic E-state index is -0.435. The molecule has 0 saturated carbocycles. The van der Waals surface area contributed by atoms with Gasteiger partial charge in [0, 0.05) is 0 Å². The highest BCUT2D eigenvalue weighted by molar-refractivity contribution is 6.32. The standard InChI is InChI=1S/C14H16ClN5O/c15-12-11(16)13(20-14(17)19-12)18-9-5-6-10(21)8-4-2-1-3-7(8)9/h1-4,9-10,21H,5-6,16H2,(H3,17,18,19,20)/t9-,10-/m1/s1. The number of aliphatic hydroxyl groups is 1. The Kier molecular flexibility index (Phi) is 3.57. The average Bonchev–Trinajstić information content (AvgIpc) is 2.47. The number of nitrogens with zero attached hydrogens (tertiary/aromatic N) is 2. The molecule has 0 spiro atoms. The number of nitrogen functional groups attached to an aromatic ring is 2. The van der Waals surface area contributed by atoms with Crippen LogP contribution in [0.5, 0.6) is 0 Å². The molecule has 6 N–H and O–H groups in total. The summed E-state index contributed by atoms with van der Waals surface area (Å²) >= 11 is 5.92. The van der Waals surface area contributed by atoms with Crippen LogP contribution < -0.4 is 16.8 Å². The lowest BCUT2D eigenvalue weighted by Crippen LogP contribution is -2.21. The molecule has 1 aliphatic carbocycles. The summed E-state index contributed by atoms with van der Waals surface area (Å²) in [5.74, 6) is 0.490.